The second-order valence-electron chi connectivity index (χ2n) is 8.91. The van der Waals surface area contributed by atoms with Crippen molar-refractivity contribution in [3.63, 3.8) is 0 Å². The number of benzene rings is 3. The Kier molecular flexibility index (Phi) is 8.08. The van der Waals surface area contributed by atoms with Crippen molar-refractivity contribution in [2.24, 2.45) is 0 Å². The summed E-state index contributed by atoms with van der Waals surface area (Å²) < 4.78 is 19.2. The molecule has 1 heterocycles. The molecule has 0 fully saturated rings. The monoisotopic (exact) mass is 519 g/mol. The number of nitrogens with zero attached hydrogens (tertiary/aromatic N) is 1. The van der Waals surface area contributed by atoms with Crippen molar-refractivity contribution in [3.8, 4) is 11.5 Å². The van der Waals surface area contributed by atoms with Gasteiger partial charge >= 0.3 is 10.8 Å². The molecule has 4 aromatic rings. The van der Waals surface area contributed by atoms with Crippen LogP contribution in [-0.4, -0.2) is 35.1 Å². The van der Waals surface area contributed by atoms with Gasteiger partial charge in [0.15, 0.2) is 11.4 Å². The third-order valence-corrected chi connectivity index (χ3v) is 6.65. The number of rotatable bonds is 11. The van der Waals surface area contributed by atoms with Crippen molar-refractivity contribution in [1.82, 2.24) is 4.57 Å². The highest BCUT2D eigenvalue weighted by atomic mass is 32.1. The Morgan fingerprint density at radius 2 is 1.68 bits per heavy atom. The first-order valence-corrected chi connectivity index (χ1v) is 12.9. The number of aryl methyl sites for hydroxylation is 1. The number of carbonyl (C=O) groups is 2. The minimum Gasteiger partial charge on any atom is -0.493 e. The first kappa shape index (κ1) is 26.2. The van der Waals surface area contributed by atoms with Crippen LogP contribution in [0.3, 0.4) is 0 Å². The van der Waals surface area contributed by atoms with E-state index in [0.29, 0.717) is 42.2 Å². The highest BCUT2D eigenvalue weighted by molar-refractivity contribution is 7.16. The zero-order chi connectivity index (χ0) is 26.4. The van der Waals surface area contributed by atoms with Crippen LogP contribution < -0.4 is 14.3 Å². The van der Waals surface area contributed by atoms with Gasteiger partial charge in [-0.25, -0.2) is 4.79 Å². The van der Waals surface area contributed by atoms with Crippen LogP contribution in [0.5, 0.6) is 11.5 Å². The maximum absolute atomic E-state index is 12.8. The third kappa shape index (κ3) is 6.27. The van der Waals surface area contributed by atoms with Gasteiger partial charge in [-0.3, -0.25) is 14.2 Å². The lowest BCUT2D eigenvalue weighted by atomic mass is 10.0. The van der Waals surface area contributed by atoms with Crippen molar-refractivity contribution >= 4 is 33.3 Å². The number of carbonyl (C=O) groups excluding carboxylic acids is 2. The Morgan fingerprint density at radius 3 is 2.43 bits per heavy atom. The predicted molar refractivity (Wildman–Crippen MR) is 144 cm³/mol. The van der Waals surface area contributed by atoms with Crippen molar-refractivity contribution in [2.75, 3.05) is 13.2 Å². The fourth-order valence-electron chi connectivity index (χ4n) is 3.86. The van der Waals surface area contributed by atoms with Crippen molar-refractivity contribution in [3.05, 3.63) is 93.6 Å². The van der Waals surface area contributed by atoms with Crippen LogP contribution in [0.2, 0.25) is 0 Å². The van der Waals surface area contributed by atoms with Gasteiger partial charge in [-0.15, -0.1) is 0 Å². The Morgan fingerprint density at radius 1 is 0.919 bits per heavy atom. The van der Waals surface area contributed by atoms with Gasteiger partial charge in [-0.1, -0.05) is 47.7 Å². The standard InChI is InChI=1S/C29H29NO6S/c1-4-34-27(32)29(2,3)36-23-13-8-12-22(19-23)35-17-9-16-30-24-15-14-21(18-25(24)37-28(30)33)26(31)20-10-6-5-7-11-20/h5-8,10-15,18-19H,4,9,16-17H2,1-3H3. The fraction of sp³-hybridized carbons (Fsp3) is 0.276. The summed E-state index contributed by atoms with van der Waals surface area (Å²) in [6.45, 7) is 6.21. The highest BCUT2D eigenvalue weighted by Gasteiger charge is 2.31. The summed E-state index contributed by atoms with van der Waals surface area (Å²) in [6.07, 6.45) is 0.607. The molecule has 0 saturated carbocycles. The molecule has 7 nitrogen and oxygen atoms in total. The number of hydrogen-bond acceptors (Lipinski definition) is 7. The van der Waals surface area contributed by atoms with Crippen LogP contribution in [0.25, 0.3) is 10.2 Å². The minimum atomic E-state index is -1.12. The molecule has 3 aromatic carbocycles. The zero-order valence-corrected chi connectivity index (χ0v) is 21.9. The number of ether oxygens (including phenoxy) is 3. The van der Waals surface area contributed by atoms with Gasteiger partial charge < -0.3 is 14.2 Å². The number of fused-ring (bicyclic) bond motifs is 1. The van der Waals surface area contributed by atoms with E-state index in [1.165, 1.54) is 0 Å². The van der Waals surface area contributed by atoms with Gasteiger partial charge in [0.2, 0.25) is 0 Å². The average molecular weight is 520 g/mol. The molecule has 0 spiro atoms. The molecule has 0 aliphatic carbocycles. The molecule has 1 aromatic heterocycles. The number of thiazole rings is 1. The molecule has 37 heavy (non-hydrogen) atoms. The Bertz CT molecular complexity index is 1450. The van der Waals surface area contributed by atoms with Crippen molar-refractivity contribution in [2.45, 2.75) is 39.3 Å². The summed E-state index contributed by atoms with van der Waals surface area (Å²) in [7, 11) is 0. The topological polar surface area (TPSA) is 83.8 Å². The van der Waals surface area contributed by atoms with Crippen LogP contribution in [0.1, 0.15) is 43.1 Å². The fourth-order valence-corrected chi connectivity index (χ4v) is 4.81. The quantitative estimate of drug-likeness (QED) is 0.148. The first-order valence-electron chi connectivity index (χ1n) is 12.1. The van der Waals surface area contributed by atoms with E-state index in [-0.39, 0.29) is 17.3 Å². The molecule has 192 valence electrons. The molecule has 0 bridgehead atoms. The summed E-state index contributed by atoms with van der Waals surface area (Å²) in [6, 6.07) is 21.5. The number of ketones is 1. The van der Waals surface area contributed by atoms with Crippen LogP contribution in [0.15, 0.2) is 77.6 Å². The molecule has 0 aliphatic rings. The van der Waals surface area contributed by atoms with Crippen LogP contribution in [0.4, 0.5) is 0 Å². The normalized spacial score (nSPS) is 11.3. The van der Waals surface area contributed by atoms with E-state index < -0.39 is 11.6 Å². The van der Waals surface area contributed by atoms with Gasteiger partial charge in [0, 0.05) is 23.7 Å². The second-order valence-corrected chi connectivity index (χ2v) is 9.90. The van der Waals surface area contributed by atoms with E-state index in [0.717, 1.165) is 21.6 Å². The molecule has 0 saturated heterocycles. The van der Waals surface area contributed by atoms with E-state index in [1.54, 1.807) is 67.8 Å². The number of aromatic nitrogens is 1. The van der Waals surface area contributed by atoms with Gasteiger partial charge in [0.25, 0.3) is 0 Å². The van der Waals surface area contributed by atoms with Gasteiger partial charge in [0.1, 0.15) is 11.5 Å². The summed E-state index contributed by atoms with van der Waals surface area (Å²) in [5, 5.41) is 0. The van der Waals surface area contributed by atoms with E-state index in [4.69, 9.17) is 14.2 Å². The largest absolute Gasteiger partial charge is 0.493 e. The van der Waals surface area contributed by atoms with E-state index in [2.05, 4.69) is 0 Å². The smallest absolute Gasteiger partial charge is 0.349 e. The molecule has 0 N–H and O–H groups in total. The lowest BCUT2D eigenvalue weighted by molar-refractivity contribution is -0.158. The van der Waals surface area contributed by atoms with Crippen molar-refractivity contribution < 1.29 is 23.8 Å². The Balaban J connectivity index is 1.37. The molecule has 0 aliphatic heterocycles. The maximum Gasteiger partial charge on any atom is 0.349 e. The van der Waals surface area contributed by atoms with E-state index in [1.807, 2.05) is 30.3 Å². The maximum atomic E-state index is 12.8. The van der Waals surface area contributed by atoms with Gasteiger partial charge in [0.05, 0.1) is 23.4 Å². The highest BCUT2D eigenvalue weighted by Crippen LogP contribution is 2.25. The van der Waals surface area contributed by atoms with Crippen LogP contribution >= 0.6 is 11.3 Å². The SMILES string of the molecule is CCOC(=O)C(C)(C)Oc1cccc(OCCCn2c(=O)sc3cc(C(=O)c4ccccc4)ccc32)c1. The lowest BCUT2D eigenvalue weighted by Crippen LogP contribution is -2.39. The summed E-state index contributed by atoms with van der Waals surface area (Å²) in [5.41, 5.74) is 0.853. The molecule has 4 rings (SSSR count). The first-order chi connectivity index (χ1) is 17.8. The summed E-state index contributed by atoms with van der Waals surface area (Å²) in [4.78, 5) is 37.4. The number of esters is 1. The molecule has 0 radical (unpaired) electrons. The van der Waals surface area contributed by atoms with Crippen molar-refractivity contribution in [1.29, 1.82) is 0 Å². The lowest BCUT2D eigenvalue weighted by Gasteiger charge is -2.24. The van der Waals surface area contributed by atoms with Gasteiger partial charge in [-0.05, 0) is 57.5 Å². The Hall–Kier alpha value is -3.91. The number of hydrogen-bond donors (Lipinski definition) is 0. The molecule has 0 unspecified atom stereocenters. The average Bonchev–Trinajstić information content (AvgIpc) is 3.20. The van der Waals surface area contributed by atoms with Gasteiger partial charge in [-0.2, -0.15) is 0 Å². The second kappa shape index (κ2) is 11.4. The Labute approximate surface area is 219 Å². The molecule has 8 heteroatoms. The summed E-state index contributed by atoms with van der Waals surface area (Å²) >= 11 is 1.13. The summed E-state index contributed by atoms with van der Waals surface area (Å²) in [5.74, 6) is 0.590. The van der Waals surface area contributed by atoms with E-state index in [9.17, 15) is 14.4 Å². The zero-order valence-electron chi connectivity index (χ0n) is 21.1. The molecular formula is C29H29NO6S. The molecule has 0 amide bonds. The van der Waals surface area contributed by atoms with Crippen LogP contribution in [-0.2, 0) is 16.1 Å². The van der Waals surface area contributed by atoms with E-state index >= 15 is 0 Å². The predicted octanol–water partition coefficient (Wildman–Crippen LogP) is 5.48. The third-order valence-electron chi connectivity index (χ3n) is 5.71. The molecular weight excluding hydrogens is 490 g/mol. The van der Waals surface area contributed by atoms with Crippen LogP contribution in [0, 0.1) is 0 Å². The minimum absolute atomic E-state index is 0.0693. The molecule has 0 atom stereocenters.